The topological polar surface area (TPSA) is 31.9 Å². The third-order valence-corrected chi connectivity index (χ3v) is 13.1. The van der Waals surface area contributed by atoms with Gasteiger partial charge in [0, 0.05) is 37.9 Å². The molecule has 14 rings (SSSR count). The molecule has 0 fully saturated rings. The molecule has 0 saturated carbocycles. The number of hydrogen-bond acceptors (Lipinski definition) is 1. The number of carbonyl (C=O) groups is 1. The van der Waals surface area contributed by atoms with Crippen molar-refractivity contribution in [2.24, 2.45) is 0 Å². The van der Waals surface area contributed by atoms with Gasteiger partial charge < -0.3 is 13.7 Å². The zero-order valence-electron chi connectivity index (χ0n) is 34.1. The van der Waals surface area contributed by atoms with Crippen molar-refractivity contribution in [3.63, 3.8) is 0 Å². The summed E-state index contributed by atoms with van der Waals surface area (Å²) in [7, 11) is 0. The first-order valence-corrected chi connectivity index (χ1v) is 21.5. The lowest BCUT2D eigenvalue weighted by atomic mass is 9.92. The van der Waals surface area contributed by atoms with E-state index in [9.17, 15) is 4.79 Å². The maximum atomic E-state index is 11.2. The lowest BCUT2D eigenvalue weighted by Crippen LogP contribution is -2.03. The van der Waals surface area contributed by atoms with Crippen LogP contribution in [0.5, 0.6) is 0 Å². The minimum Gasteiger partial charge on any atom is -0.309 e. The van der Waals surface area contributed by atoms with Crippen LogP contribution in [0, 0.1) is 0 Å². The van der Waals surface area contributed by atoms with Gasteiger partial charge in [-0.1, -0.05) is 164 Å². The van der Waals surface area contributed by atoms with Crippen LogP contribution >= 0.6 is 0 Å². The molecule has 14 aromatic rings. The van der Waals surface area contributed by atoms with Gasteiger partial charge in [0.2, 0.25) is 0 Å². The van der Waals surface area contributed by atoms with Crippen LogP contribution < -0.4 is 0 Å². The number of benzene rings is 11. The minimum atomic E-state index is 0.765. The second kappa shape index (κ2) is 13.8. The summed E-state index contributed by atoms with van der Waals surface area (Å²) in [6.45, 7) is 0. The largest absolute Gasteiger partial charge is 0.309 e. The highest BCUT2D eigenvalue weighted by molar-refractivity contribution is 6.25. The molecule has 0 unspecified atom stereocenters. The predicted molar refractivity (Wildman–Crippen MR) is 265 cm³/mol. The van der Waals surface area contributed by atoms with Crippen molar-refractivity contribution in [2.45, 2.75) is 0 Å². The molecular weight excluding hydrogens is 767 g/mol. The zero-order chi connectivity index (χ0) is 41.6. The van der Waals surface area contributed by atoms with Gasteiger partial charge in [-0.25, -0.2) is 0 Å². The smallest absolute Gasteiger partial charge is 0.150 e. The van der Waals surface area contributed by atoms with E-state index in [4.69, 9.17) is 0 Å². The molecule has 0 N–H and O–H groups in total. The van der Waals surface area contributed by atoms with E-state index in [2.05, 4.69) is 214 Å². The number of fused-ring (bicyclic) bond motifs is 9. The zero-order valence-corrected chi connectivity index (χ0v) is 34.1. The van der Waals surface area contributed by atoms with Crippen LogP contribution in [0.1, 0.15) is 10.4 Å². The molecule has 3 heterocycles. The molecule has 11 aromatic carbocycles. The fourth-order valence-corrected chi connectivity index (χ4v) is 10.4. The van der Waals surface area contributed by atoms with Gasteiger partial charge in [0.25, 0.3) is 0 Å². The second-order valence-electron chi connectivity index (χ2n) is 16.4. The van der Waals surface area contributed by atoms with Crippen LogP contribution in [0.3, 0.4) is 0 Å². The average molecular weight is 804 g/mol. The quantitative estimate of drug-likeness (QED) is 0.129. The molecule has 63 heavy (non-hydrogen) atoms. The van der Waals surface area contributed by atoms with E-state index in [-0.39, 0.29) is 0 Å². The number of carbonyl (C=O) groups excluding carboxylic acids is 1. The molecule has 0 radical (unpaired) electrons. The Bertz CT molecular complexity index is 3630. The number of aldehydes is 1. The SMILES string of the molecule is O=Cc1ccc2ccc3cccc4ccc1c2c34.c1ccc2c(c1)c1ccccc1n2-c1cc(-n2c3ccccc3c3ccccc32)cc(-n2c3ccccc3c3ccccc32)c1. The second-order valence-corrected chi connectivity index (χ2v) is 16.4. The third kappa shape index (κ3) is 5.25. The molecule has 0 amide bonds. The van der Waals surface area contributed by atoms with Gasteiger partial charge in [0.05, 0.1) is 50.2 Å². The van der Waals surface area contributed by atoms with Crippen molar-refractivity contribution in [1.29, 1.82) is 0 Å². The Morgan fingerprint density at radius 2 is 0.571 bits per heavy atom. The molecule has 3 aromatic heterocycles. The Labute approximate surface area is 362 Å². The van der Waals surface area contributed by atoms with E-state index in [0.717, 1.165) is 34.3 Å². The number of hydrogen-bond donors (Lipinski definition) is 0. The first kappa shape index (κ1) is 35.3. The summed E-state index contributed by atoms with van der Waals surface area (Å²) >= 11 is 0. The summed E-state index contributed by atoms with van der Waals surface area (Å²) < 4.78 is 7.29. The molecule has 0 aliphatic rings. The van der Waals surface area contributed by atoms with Crippen LogP contribution in [0.2, 0.25) is 0 Å². The predicted octanol–water partition coefficient (Wildman–Crippen LogP) is 15.4. The molecule has 0 bridgehead atoms. The molecule has 0 aliphatic heterocycles. The Kier molecular flexibility index (Phi) is 7.72. The maximum absolute atomic E-state index is 11.2. The van der Waals surface area contributed by atoms with Crippen LogP contribution in [-0.2, 0) is 0 Å². The van der Waals surface area contributed by atoms with Crippen molar-refractivity contribution in [1.82, 2.24) is 13.7 Å². The van der Waals surface area contributed by atoms with Crippen LogP contribution in [0.4, 0.5) is 0 Å². The van der Waals surface area contributed by atoms with Crippen LogP contribution in [0.25, 0.3) is 115 Å². The molecule has 0 aliphatic carbocycles. The van der Waals surface area contributed by atoms with E-state index in [1.165, 1.54) is 92.3 Å². The van der Waals surface area contributed by atoms with Crippen molar-refractivity contribution < 1.29 is 4.79 Å². The Morgan fingerprint density at radius 3 is 0.921 bits per heavy atom. The van der Waals surface area contributed by atoms with E-state index in [1.54, 1.807) is 0 Å². The van der Waals surface area contributed by atoms with Gasteiger partial charge in [0.15, 0.2) is 6.29 Å². The van der Waals surface area contributed by atoms with E-state index < -0.39 is 0 Å². The van der Waals surface area contributed by atoms with E-state index in [1.807, 2.05) is 18.2 Å². The highest BCUT2D eigenvalue weighted by Crippen LogP contribution is 2.40. The lowest BCUT2D eigenvalue weighted by Gasteiger charge is -2.17. The summed E-state index contributed by atoms with van der Waals surface area (Å²) in [5, 5.41) is 14.7. The Hall–Kier alpha value is -8.47. The molecular formula is C59H37N3O. The van der Waals surface area contributed by atoms with Gasteiger partial charge >= 0.3 is 0 Å². The first-order valence-electron chi connectivity index (χ1n) is 21.5. The van der Waals surface area contributed by atoms with Crippen LogP contribution in [-0.4, -0.2) is 20.0 Å². The summed E-state index contributed by atoms with van der Waals surface area (Å²) in [6, 6.07) is 78.2. The first-order chi connectivity index (χ1) is 31.2. The van der Waals surface area contributed by atoms with Crippen molar-refractivity contribution in [3.05, 3.63) is 224 Å². The number of rotatable bonds is 4. The minimum absolute atomic E-state index is 0.765. The van der Waals surface area contributed by atoms with Gasteiger partial charge in [-0.2, -0.15) is 0 Å². The highest BCUT2D eigenvalue weighted by atomic mass is 16.1. The molecule has 294 valence electrons. The summed E-state index contributed by atoms with van der Waals surface area (Å²) in [5.41, 5.74) is 11.4. The lowest BCUT2D eigenvalue weighted by molar-refractivity contribution is 0.112. The standard InChI is InChI=1S/C42H27N3.C17H10O/c1-7-19-37-31(13-1)32-14-2-8-20-38(32)43(37)28-25-29(44-39-21-9-3-15-33(39)34-16-4-10-22-40(34)44)27-30(26-28)45-41-23-11-5-17-35(41)36-18-6-12-24-42(36)45;18-10-14-7-6-13-5-4-11-2-1-3-12-8-9-15(14)17(13)16(11)12/h1-27H;1-10H. The van der Waals surface area contributed by atoms with E-state index in [0.29, 0.717) is 0 Å². The van der Waals surface area contributed by atoms with Crippen molar-refractivity contribution >= 4 is 104 Å². The van der Waals surface area contributed by atoms with E-state index >= 15 is 0 Å². The maximum Gasteiger partial charge on any atom is 0.150 e. The fourth-order valence-electron chi connectivity index (χ4n) is 10.4. The van der Waals surface area contributed by atoms with Gasteiger partial charge in [0.1, 0.15) is 0 Å². The average Bonchev–Trinajstić information content (AvgIpc) is 3.99. The fraction of sp³-hybridized carbons (Fsp3) is 0. The van der Waals surface area contributed by atoms with Crippen LogP contribution in [0.15, 0.2) is 218 Å². The van der Waals surface area contributed by atoms with Crippen molar-refractivity contribution in [2.75, 3.05) is 0 Å². The monoisotopic (exact) mass is 803 g/mol. The summed E-state index contributed by atoms with van der Waals surface area (Å²) in [5.74, 6) is 0. The normalized spacial score (nSPS) is 11.9. The van der Waals surface area contributed by atoms with Gasteiger partial charge in [-0.05, 0) is 86.9 Å². The Morgan fingerprint density at radius 1 is 0.270 bits per heavy atom. The highest BCUT2D eigenvalue weighted by Gasteiger charge is 2.19. The summed E-state index contributed by atoms with van der Waals surface area (Å²) in [6.07, 6.45) is 0.936. The third-order valence-electron chi connectivity index (χ3n) is 13.1. The molecule has 4 heteroatoms. The van der Waals surface area contributed by atoms with Gasteiger partial charge in [-0.3, -0.25) is 4.79 Å². The summed E-state index contributed by atoms with van der Waals surface area (Å²) in [4.78, 5) is 11.2. The molecule has 0 saturated heterocycles. The molecule has 0 atom stereocenters. The number of para-hydroxylation sites is 6. The van der Waals surface area contributed by atoms with Crippen molar-refractivity contribution in [3.8, 4) is 17.1 Å². The number of nitrogens with zero attached hydrogens (tertiary/aromatic N) is 3. The van der Waals surface area contributed by atoms with Gasteiger partial charge in [-0.15, -0.1) is 0 Å². The molecule has 0 spiro atoms. The Balaban J connectivity index is 0.000000186. The molecule has 4 nitrogen and oxygen atoms in total. The number of aromatic nitrogens is 3.